The Morgan fingerprint density at radius 1 is 1.16 bits per heavy atom. The lowest BCUT2D eigenvalue weighted by atomic mass is 9.98. The van der Waals surface area contributed by atoms with Gasteiger partial charge in [0.1, 0.15) is 5.82 Å². The number of aromatic nitrogens is 2. The molecule has 0 N–H and O–H groups in total. The largest absolute Gasteiger partial charge is 0.339 e. The molecule has 104 valence electrons. The molecule has 2 heterocycles. The minimum atomic E-state index is 0.315. The summed E-state index contributed by atoms with van der Waals surface area (Å²) in [6, 6.07) is 0. The Morgan fingerprint density at radius 2 is 1.89 bits per heavy atom. The predicted molar refractivity (Wildman–Crippen MR) is 75.0 cm³/mol. The van der Waals surface area contributed by atoms with E-state index in [1.165, 1.54) is 11.3 Å². The molecule has 0 saturated heterocycles. The van der Waals surface area contributed by atoms with Crippen LogP contribution >= 0.6 is 0 Å². The van der Waals surface area contributed by atoms with Gasteiger partial charge in [-0.15, -0.1) is 0 Å². The normalized spacial score (nSPS) is 15.6. The van der Waals surface area contributed by atoms with Gasteiger partial charge in [0.2, 0.25) is 6.41 Å². The summed E-state index contributed by atoms with van der Waals surface area (Å²) in [6.45, 7) is 10.0. The van der Waals surface area contributed by atoms with Gasteiger partial charge in [0.25, 0.3) is 0 Å². The van der Waals surface area contributed by atoms with Gasteiger partial charge >= 0.3 is 0 Å². The maximum Gasteiger partial charge on any atom is 0.210 e. The first-order valence-corrected chi connectivity index (χ1v) is 7.11. The summed E-state index contributed by atoms with van der Waals surface area (Å²) < 4.78 is 0. The number of amides is 1. The fourth-order valence-corrected chi connectivity index (χ4v) is 2.53. The summed E-state index contributed by atoms with van der Waals surface area (Å²) in [5.74, 6) is 1.61. The quantitative estimate of drug-likeness (QED) is 0.786. The standard InChI is InChI=1S/C15H23N3O/c1-10(2)14-12-6-5-7-18(9-19)8-13(12)16-15(17-14)11(3)4/h9-11H,5-8H2,1-4H3. The molecule has 2 rings (SSSR count). The molecule has 0 unspecified atom stereocenters. The number of rotatable bonds is 3. The SMILES string of the molecule is CC(C)c1nc2c(c(C(C)C)n1)CCCN(C=O)C2. The molecule has 0 aromatic carbocycles. The second-order valence-corrected chi connectivity index (χ2v) is 5.88. The summed E-state index contributed by atoms with van der Waals surface area (Å²) in [5, 5.41) is 0. The molecule has 0 aliphatic carbocycles. The predicted octanol–water partition coefficient (Wildman–Crippen LogP) is 2.63. The molecule has 0 radical (unpaired) electrons. The molecule has 0 fully saturated rings. The van der Waals surface area contributed by atoms with Crippen molar-refractivity contribution < 1.29 is 4.79 Å². The van der Waals surface area contributed by atoms with E-state index in [4.69, 9.17) is 9.97 Å². The highest BCUT2D eigenvalue weighted by atomic mass is 16.1. The zero-order valence-electron chi connectivity index (χ0n) is 12.3. The van der Waals surface area contributed by atoms with E-state index in [2.05, 4.69) is 27.7 Å². The zero-order chi connectivity index (χ0) is 14.0. The van der Waals surface area contributed by atoms with Crippen LogP contribution in [0.15, 0.2) is 0 Å². The van der Waals surface area contributed by atoms with Crippen LogP contribution in [0.1, 0.15) is 68.7 Å². The van der Waals surface area contributed by atoms with E-state index in [-0.39, 0.29) is 0 Å². The number of hydrogen-bond donors (Lipinski definition) is 0. The molecule has 1 aromatic heterocycles. The Balaban J connectivity index is 2.51. The van der Waals surface area contributed by atoms with Crippen LogP contribution in [0.25, 0.3) is 0 Å². The van der Waals surface area contributed by atoms with Crippen molar-refractivity contribution in [2.45, 2.75) is 58.9 Å². The Hall–Kier alpha value is -1.45. The maximum atomic E-state index is 11.0. The smallest absolute Gasteiger partial charge is 0.210 e. The van der Waals surface area contributed by atoms with Gasteiger partial charge in [-0.05, 0) is 24.3 Å². The van der Waals surface area contributed by atoms with Gasteiger partial charge < -0.3 is 4.90 Å². The second-order valence-electron chi connectivity index (χ2n) is 5.88. The van der Waals surface area contributed by atoms with Crippen LogP contribution in [0.5, 0.6) is 0 Å². The van der Waals surface area contributed by atoms with Crippen molar-refractivity contribution in [3.8, 4) is 0 Å². The lowest BCUT2D eigenvalue weighted by Crippen LogP contribution is -2.22. The van der Waals surface area contributed by atoms with Gasteiger partial charge in [0.15, 0.2) is 0 Å². The zero-order valence-corrected chi connectivity index (χ0v) is 12.3. The number of nitrogens with zero attached hydrogens (tertiary/aromatic N) is 3. The van der Waals surface area contributed by atoms with Gasteiger partial charge in [-0.3, -0.25) is 4.79 Å². The lowest BCUT2D eigenvalue weighted by molar-refractivity contribution is -0.118. The van der Waals surface area contributed by atoms with Crippen LogP contribution in [0.3, 0.4) is 0 Å². The van der Waals surface area contributed by atoms with Crippen LogP contribution in [0.2, 0.25) is 0 Å². The Morgan fingerprint density at radius 3 is 2.47 bits per heavy atom. The van der Waals surface area contributed by atoms with E-state index in [9.17, 15) is 4.79 Å². The maximum absolute atomic E-state index is 11.0. The van der Waals surface area contributed by atoms with Crippen molar-refractivity contribution in [1.82, 2.24) is 14.9 Å². The topological polar surface area (TPSA) is 46.1 Å². The van der Waals surface area contributed by atoms with Gasteiger partial charge in [-0.25, -0.2) is 9.97 Å². The molecule has 19 heavy (non-hydrogen) atoms. The Bertz CT molecular complexity index is 469. The van der Waals surface area contributed by atoms with E-state index in [1.54, 1.807) is 0 Å². The van der Waals surface area contributed by atoms with Crippen molar-refractivity contribution in [2.24, 2.45) is 0 Å². The first kappa shape index (κ1) is 14.0. The number of carbonyl (C=O) groups excluding carboxylic acids is 1. The van der Waals surface area contributed by atoms with E-state index in [0.29, 0.717) is 18.4 Å². The van der Waals surface area contributed by atoms with Gasteiger partial charge in [-0.1, -0.05) is 27.7 Å². The molecule has 1 aromatic rings. The van der Waals surface area contributed by atoms with Gasteiger partial charge in [-0.2, -0.15) is 0 Å². The first-order chi connectivity index (χ1) is 9.02. The molecule has 0 bridgehead atoms. The van der Waals surface area contributed by atoms with Crippen LogP contribution in [-0.4, -0.2) is 27.8 Å². The van der Waals surface area contributed by atoms with Gasteiger partial charge in [0.05, 0.1) is 17.9 Å². The molecule has 4 heteroatoms. The molecule has 1 amide bonds. The highest BCUT2D eigenvalue weighted by Crippen LogP contribution is 2.26. The third-order valence-corrected chi connectivity index (χ3v) is 3.58. The molecule has 1 aliphatic heterocycles. The highest BCUT2D eigenvalue weighted by molar-refractivity contribution is 5.48. The minimum Gasteiger partial charge on any atom is -0.339 e. The van der Waals surface area contributed by atoms with E-state index in [1.807, 2.05) is 4.90 Å². The summed E-state index contributed by atoms with van der Waals surface area (Å²) in [6.07, 6.45) is 2.91. The lowest BCUT2D eigenvalue weighted by Gasteiger charge is -2.18. The molecule has 0 atom stereocenters. The van der Waals surface area contributed by atoms with E-state index < -0.39 is 0 Å². The number of fused-ring (bicyclic) bond motifs is 1. The monoisotopic (exact) mass is 261 g/mol. The summed E-state index contributed by atoms with van der Waals surface area (Å²) in [7, 11) is 0. The summed E-state index contributed by atoms with van der Waals surface area (Å²) in [5.41, 5.74) is 3.48. The van der Waals surface area contributed by atoms with Crippen molar-refractivity contribution >= 4 is 6.41 Å². The van der Waals surface area contributed by atoms with E-state index >= 15 is 0 Å². The van der Waals surface area contributed by atoms with Crippen LogP contribution in [0, 0.1) is 0 Å². The molecular weight excluding hydrogens is 238 g/mol. The summed E-state index contributed by atoms with van der Waals surface area (Å²) in [4.78, 5) is 22.3. The van der Waals surface area contributed by atoms with Crippen molar-refractivity contribution in [1.29, 1.82) is 0 Å². The fourth-order valence-electron chi connectivity index (χ4n) is 2.53. The van der Waals surface area contributed by atoms with Crippen molar-refractivity contribution in [2.75, 3.05) is 6.54 Å². The molecule has 1 aliphatic rings. The van der Waals surface area contributed by atoms with Crippen LogP contribution in [0.4, 0.5) is 0 Å². The average Bonchev–Trinajstić information content (AvgIpc) is 2.58. The summed E-state index contributed by atoms with van der Waals surface area (Å²) >= 11 is 0. The minimum absolute atomic E-state index is 0.315. The number of hydrogen-bond acceptors (Lipinski definition) is 3. The second kappa shape index (κ2) is 5.68. The van der Waals surface area contributed by atoms with Crippen LogP contribution in [-0.2, 0) is 17.8 Å². The van der Waals surface area contributed by atoms with E-state index in [0.717, 1.165) is 37.3 Å². The third-order valence-electron chi connectivity index (χ3n) is 3.58. The van der Waals surface area contributed by atoms with Crippen molar-refractivity contribution in [3.63, 3.8) is 0 Å². The highest BCUT2D eigenvalue weighted by Gasteiger charge is 2.21. The fraction of sp³-hybridized carbons (Fsp3) is 0.667. The molecule has 0 spiro atoms. The van der Waals surface area contributed by atoms with Crippen LogP contribution < -0.4 is 0 Å². The van der Waals surface area contributed by atoms with Gasteiger partial charge in [0, 0.05) is 12.5 Å². The third kappa shape index (κ3) is 2.94. The molecule has 0 saturated carbocycles. The Labute approximate surface area is 115 Å². The first-order valence-electron chi connectivity index (χ1n) is 7.11. The van der Waals surface area contributed by atoms with Crippen molar-refractivity contribution in [3.05, 3.63) is 22.8 Å². The number of carbonyl (C=O) groups is 1. The average molecular weight is 261 g/mol. The Kier molecular flexibility index (Phi) is 4.17. The molecule has 4 nitrogen and oxygen atoms in total. The molecular formula is C15H23N3O.